The molecule has 2 rings (SSSR count). The minimum atomic E-state index is -0.389. The lowest BCUT2D eigenvalue weighted by molar-refractivity contribution is -0.121. The summed E-state index contributed by atoms with van der Waals surface area (Å²) in [5.41, 5.74) is 0.976. The maximum absolute atomic E-state index is 11.8. The summed E-state index contributed by atoms with van der Waals surface area (Å²) >= 11 is 8.37. The molecular weight excluding hydrogens is 378 g/mol. The van der Waals surface area contributed by atoms with Gasteiger partial charge >= 0.3 is 0 Å². The summed E-state index contributed by atoms with van der Waals surface area (Å²) in [5.74, 6) is 0.192. The number of halogens is 1. The highest BCUT2D eigenvalue weighted by molar-refractivity contribution is 9.10. The third-order valence-electron chi connectivity index (χ3n) is 2.73. The van der Waals surface area contributed by atoms with E-state index in [0.29, 0.717) is 17.0 Å². The Kier molecular flexibility index (Phi) is 6.09. The summed E-state index contributed by atoms with van der Waals surface area (Å²) in [6, 6.07) is 16.0. The summed E-state index contributed by atoms with van der Waals surface area (Å²) in [6.45, 7) is -0.163. The molecular formula is C16H12BrN3O2S. The van der Waals surface area contributed by atoms with Gasteiger partial charge < -0.3 is 10.1 Å². The van der Waals surface area contributed by atoms with Crippen LogP contribution in [-0.4, -0.2) is 17.6 Å². The molecule has 0 unspecified atom stereocenters. The summed E-state index contributed by atoms with van der Waals surface area (Å²) in [6.07, 6.45) is 0. The summed E-state index contributed by atoms with van der Waals surface area (Å²) in [4.78, 5) is 11.8. The van der Waals surface area contributed by atoms with Crippen LogP contribution in [0.25, 0.3) is 0 Å². The lowest BCUT2D eigenvalue weighted by Crippen LogP contribution is -2.37. The van der Waals surface area contributed by atoms with Crippen LogP contribution in [0.4, 0.5) is 5.69 Å². The number of rotatable bonds is 4. The van der Waals surface area contributed by atoms with Gasteiger partial charge in [-0.3, -0.25) is 10.1 Å². The van der Waals surface area contributed by atoms with Crippen molar-refractivity contribution in [3.8, 4) is 11.8 Å². The Morgan fingerprint density at radius 3 is 2.61 bits per heavy atom. The van der Waals surface area contributed by atoms with Crippen LogP contribution in [0.2, 0.25) is 0 Å². The van der Waals surface area contributed by atoms with Crippen molar-refractivity contribution in [2.24, 2.45) is 0 Å². The minimum absolute atomic E-state index is 0.108. The molecule has 2 aromatic rings. The van der Waals surface area contributed by atoms with E-state index in [4.69, 9.17) is 22.2 Å². The second-order valence-corrected chi connectivity index (χ2v) is 5.73. The molecule has 0 atom stereocenters. The van der Waals surface area contributed by atoms with Gasteiger partial charge in [0.2, 0.25) is 0 Å². The number of thiocarbonyl (C=S) groups is 1. The van der Waals surface area contributed by atoms with Gasteiger partial charge in [0, 0.05) is 4.47 Å². The number of anilines is 1. The number of para-hydroxylation sites is 1. The third kappa shape index (κ3) is 5.36. The van der Waals surface area contributed by atoms with Gasteiger partial charge in [-0.25, -0.2) is 0 Å². The number of hydrogen-bond acceptors (Lipinski definition) is 4. The van der Waals surface area contributed by atoms with Crippen molar-refractivity contribution < 1.29 is 9.53 Å². The van der Waals surface area contributed by atoms with Gasteiger partial charge in [-0.2, -0.15) is 5.26 Å². The van der Waals surface area contributed by atoms with E-state index in [-0.39, 0.29) is 17.6 Å². The molecule has 0 saturated carbocycles. The Balaban J connectivity index is 1.84. The van der Waals surface area contributed by atoms with E-state index in [9.17, 15) is 4.79 Å². The maximum atomic E-state index is 11.8. The molecule has 2 aromatic carbocycles. The van der Waals surface area contributed by atoms with Crippen LogP contribution in [0.5, 0.6) is 5.75 Å². The Bertz CT molecular complexity index is 757. The average molecular weight is 390 g/mol. The predicted molar refractivity (Wildman–Crippen MR) is 95.2 cm³/mol. The molecule has 0 aliphatic heterocycles. The normalized spacial score (nSPS) is 9.57. The zero-order valence-corrected chi connectivity index (χ0v) is 14.3. The van der Waals surface area contributed by atoms with Crippen LogP contribution in [0.1, 0.15) is 5.56 Å². The van der Waals surface area contributed by atoms with Gasteiger partial charge in [-0.15, -0.1) is 0 Å². The first-order valence-electron chi connectivity index (χ1n) is 6.57. The fraction of sp³-hybridized carbons (Fsp3) is 0.0625. The highest BCUT2D eigenvalue weighted by Gasteiger charge is 2.08. The first-order chi connectivity index (χ1) is 11.1. The zero-order chi connectivity index (χ0) is 16.7. The van der Waals surface area contributed by atoms with Crippen molar-refractivity contribution in [3.05, 3.63) is 58.6 Å². The highest BCUT2D eigenvalue weighted by atomic mass is 79.9. The molecule has 5 nitrogen and oxygen atoms in total. The number of ether oxygens (including phenoxy) is 1. The van der Waals surface area contributed by atoms with Gasteiger partial charge in [-0.05, 0) is 48.6 Å². The second kappa shape index (κ2) is 8.27. The Morgan fingerprint density at radius 2 is 1.91 bits per heavy atom. The van der Waals surface area contributed by atoms with Crippen LogP contribution in [0.15, 0.2) is 53.0 Å². The molecule has 0 aliphatic rings. The number of nitrogens with zero attached hydrogens (tertiary/aromatic N) is 1. The van der Waals surface area contributed by atoms with Crippen molar-refractivity contribution in [2.45, 2.75) is 0 Å². The molecule has 116 valence electrons. The van der Waals surface area contributed by atoms with Crippen molar-refractivity contribution in [1.82, 2.24) is 5.32 Å². The molecule has 0 fully saturated rings. The number of amides is 1. The summed E-state index contributed by atoms with van der Waals surface area (Å²) < 4.78 is 6.27. The van der Waals surface area contributed by atoms with Crippen LogP contribution < -0.4 is 15.4 Å². The first kappa shape index (κ1) is 16.9. The number of nitriles is 1. The van der Waals surface area contributed by atoms with Crippen LogP contribution in [0, 0.1) is 11.3 Å². The SMILES string of the molecule is N#Cc1ccccc1NC(=S)NC(=O)COc1ccc(Br)cc1. The molecule has 2 N–H and O–H groups in total. The van der Waals surface area contributed by atoms with E-state index >= 15 is 0 Å². The fourth-order valence-corrected chi connectivity index (χ4v) is 2.17. The van der Waals surface area contributed by atoms with Gasteiger partial charge in [0.15, 0.2) is 11.7 Å². The van der Waals surface area contributed by atoms with E-state index in [1.807, 2.05) is 18.2 Å². The smallest absolute Gasteiger partial charge is 0.264 e. The lowest BCUT2D eigenvalue weighted by Gasteiger charge is -2.11. The molecule has 0 saturated heterocycles. The van der Waals surface area contributed by atoms with Crippen LogP contribution in [0.3, 0.4) is 0 Å². The molecule has 7 heteroatoms. The second-order valence-electron chi connectivity index (χ2n) is 4.40. The molecule has 0 radical (unpaired) electrons. The van der Waals surface area contributed by atoms with Crippen LogP contribution in [-0.2, 0) is 4.79 Å². The number of hydrogen-bond donors (Lipinski definition) is 2. The van der Waals surface area contributed by atoms with E-state index in [2.05, 4.69) is 26.6 Å². The molecule has 0 bridgehead atoms. The molecule has 1 amide bonds. The highest BCUT2D eigenvalue weighted by Crippen LogP contribution is 2.16. The third-order valence-corrected chi connectivity index (χ3v) is 3.47. The quantitative estimate of drug-likeness (QED) is 0.785. The monoisotopic (exact) mass is 389 g/mol. The molecule has 0 aromatic heterocycles. The topological polar surface area (TPSA) is 74.2 Å². The van der Waals surface area contributed by atoms with Crippen molar-refractivity contribution in [3.63, 3.8) is 0 Å². The number of benzene rings is 2. The van der Waals surface area contributed by atoms with E-state index in [1.54, 1.807) is 36.4 Å². The van der Waals surface area contributed by atoms with Gasteiger partial charge in [0.25, 0.3) is 5.91 Å². The maximum Gasteiger partial charge on any atom is 0.264 e. The zero-order valence-electron chi connectivity index (χ0n) is 11.9. The number of nitrogens with one attached hydrogen (secondary N) is 2. The van der Waals surface area contributed by atoms with E-state index in [0.717, 1.165) is 4.47 Å². The van der Waals surface area contributed by atoms with E-state index < -0.39 is 0 Å². The largest absolute Gasteiger partial charge is 0.484 e. The van der Waals surface area contributed by atoms with Gasteiger partial charge in [0.05, 0.1) is 11.3 Å². The number of carbonyl (C=O) groups is 1. The average Bonchev–Trinajstić information content (AvgIpc) is 2.54. The minimum Gasteiger partial charge on any atom is -0.484 e. The first-order valence-corrected chi connectivity index (χ1v) is 7.77. The Morgan fingerprint density at radius 1 is 1.22 bits per heavy atom. The fourth-order valence-electron chi connectivity index (χ4n) is 1.69. The summed E-state index contributed by atoms with van der Waals surface area (Å²) in [7, 11) is 0. The van der Waals surface area contributed by atoms with E-state index in [1.165, 1.54) is 0 Å². The summed E-state index contributed by atoms with van der Waals surface area (Å²) in [5, 5.41) is 14.4. The van der Waals surface area contributed by atoms with Crippen LogP contribution >= 0.6 is 28.1 Å². The van der Waals surface area contributed by atoms with Gasteiger partial charge in [-0.1, -0.05) is 28.1 Å². The standard InChI is InChI=1S/C16H12BrN3O2S/c17-12-5-7-13(8-6-12)22-10-15(21)20-16(23)19-14-4-2-1-3-11(14)9-18/h1-8H,10H2,(H2,19,20,21,23). The Hall–Kier alpha value is -2.43. The molecule has 0 heterocycles. The van der Waals surface area contributed by atoms with Crippen molar-refractivity contribution in [1.29, 1.82) is 5.26 Å². The molecule has 23 heavy (non-hydrogen) atoms. The Labute approximate surface area is 147 Å². The molecule has 0 aliphatic carbocycles. The van der Waals surface area contributed by atoms with Crippen molar-refractivity contribution in [2.75, 3.05) is 11.9 Å². The van der Waals surface area contributed by atoms with Crippen molar-refractivity contribution >= 4 is 44.9 Å². The predicted octanol–water partition coefficient (Wildman–Crippen LogP) is 3.21. The lowest BCUT2D eigenvalue weighted by atomic mass is 10.2. The number of carbonyl (C=O) groups excluding carboxylic acids is 1. The molecule has 0 spiro atoms. The van der Waals surface area contributed by atoms with Gasteiger partial charge in [0.1, 0.15) is 11.8 Å².